The lowest BCUT2D eigenvalue weighted by Crippen LogP contribution is -2.18. The van der Waals surface area contributed by atoms with Crippen LogP contribution in [-0.2, 0) is 0 Å². The SMILES string of the molecule is Nc1cc(-c2[nH]c3c(Cl)cn(C4CC4)c(=O)c3c2-c2ccc(F)cc2)ccn1. The van der Waals surface area contributed by atoms with Crippen molar-refractivity contribution in [3.05, 3.63) is 70.0 Å². The van der Waals surface area contributed by atoms with E-state index in [0.29, 0.717) is 33.0 Å². The molecule has 3 aromatic heterocycles. The van der Waals surface area contributed by atoms with E-state index in [1.54, 1.807) is 41.2 Å². The molecule has 0 unspecified atom stereocenters. The third-order valence-electron chi connectivity index (χ3n) is 5.08. The molecule has 0 bridgehead atoms. The van der Waals surface area contributed by atoms with Crippen LogP contribution in [0.1, 0.15) is 18.9 Å². The Labute approximate surface area is 164 Å². The second-order valence-electron chi connectivity index (χ2n) is 7.02. The van der Waals surface area contributed by atoms with Gasteiger partial charge in [0.15, 0.2) is 0 Å². The van der Waals surface area contributed by atoms with Gasteiger partial charge in [-0.15, -0.1) is 0 Å². The fraction of sp³-hybridized carbons (Fsp3) is 0.143. The van der Waals surface area contributed by atoms with Gasteiger partial charge in [-0.2, -0.15) is 0 Å². The second-order valence-corrected chi connectivity index (χ2v) is 7.43. The predicted molar refractivity (Wildman–Crippen MR) is 109 cm³/mol. The lowest BCUT2D eigenvalue weighted by atomic mass is 9.99. The van der Waals surface area contributed by atoms with Gasteiger partial charge in [0, 0.05) is 29.6 Å². The number of nitrogens with one attached hydrogen (secondary N) is 1. The van der Waals surface area contributed by atoms with E-state index in [1.807, 2.05) is 0 Å². The maximum atomic E-state index is 13.5. The molecular formula is C21H16ClFN4O. The average Bonchev–Trinajstić information content (AvgIpc) is 3.44. The summed E-state index contributed by atoms with van der Waals surface area (Å²) in [6.07, 6.45) is 5.23. The topological polar surface area (TPSA) is 76.7 Å². The number of nitrogens with two attached hydrogens (primary N) is 1. The monoisotopic (exact) mass is 394 g/mol. The molecule has 1 aliphatic rings. The highest BCUT2D eigenvalue weighted by atomic mass is 35.5. The molecule has 1 aromatic carbocycles. The molecule has 5 nitrogen and oxygen atoms in total. The molecule has 0 atom stereocenters. The van der Waals surface area contributed by atoms with Crippen LogP contribution in [0.4, 0.5) is 10.2 Å². The summed E-state index contributed by atoms with van der Waals surface area (Å²) in [5, 5.41) is 0.967. The van der Waals surface area contributed by atoms with Crippen LogP contribution in [0.2, 0.25) is 5.02 Å². The zero-order valence-electron chi connectivity index (χ0n) is 14.7. The van der Waals surface area contributed by atoms with Crippen molar-refractivity contribution in [2.45, 2.75) is 18.9 Å². The number of hydrogen-bond donors (Lipinski definition) is 2. The Bertz CT molecular complexity index is 1270. The molecule has 5 rings (SSSR count). The fourth-order valence-electron chi connectivity index (χ4n) is 3.62. The summed E-state index contributed by atoms with van der Waals surface area (Å²) in [6, 6.07) is 9.80. The van der Waals surface area contributed by atoms with Crippen LogP contribution < -0.4 is 11.3 Å². The molecule has 3 heterocycles. The molecule has 0 spiro atoms. The molecule has 4 aromatic rings. The van der Waals surface area contributed by atoms with Gasteiger partial charge < -0.3 is 15.3 Å². The fourth-order valence-corrected chi connectivity index (χ4v) is 3.86. The number of halogens is 2. The van der Waals surface area contributed by atoms with Gasteiger partial charge in [-0.1, -0.05) is 23.7 Å². The first-order valence-electron chi connectivity index (χ1n) is 8.97. The third-order valence-corrected chi connectivity index (χ3v) is 5.37. The van der Waals surface area contributed by atoms with Crippen molar-refractivity contribution in [1.29, 1.82) is 0 Å². The molecule has 0 amide bonds. The van der Waals surface area contributed by atoms with E-state index >= 15 is 0 Å². The Kier molecular flexibility index (Phi) is 3.77. The third kappa shape index (κ3) is 2.68. The minimum Gasteiger partial charge on any atom is -0.384 e. The van der Waals surface area contributed by atoms with Gasteiger partial charge in [0.2, 0.25) is 0 Å². The van der Waals surface area contributed by atoms with Crippen LogP contribution in [0.25, 0.3) is 33.3 Å². The number of pyridine rings is 2. The summed E-state index contributed by atoms with van der Waals surface area (Å²) in [5.41, 5.74) is 9.20. The highest BCUT2D eigenvalue weighted by molar-refractivity contribution is 6.35. The van der Waals surface area contributed by atoms with Crippen molar-refractivity contribution >= 4 is 28.3 Å². The number of anilines is 1. The van der Waals surface area contributed by atoms with E-state index in [9.17, 15) is 9.18 Å². The molecule has 0 radical (unpaired) electrons. The Morgan fingerprint density at radius 2 is 1.93 bits per heavy atom. The minimum absolute atomic E-state index is 0.106. The Balaban J connectivity index is 1.90. The number of H-pyrrole nitrogens is 1. The van der Waals surface area contributed by atoms with Crippen LogP contribution in [-0.4, -0.2) is 14.5 Å². The number of hydrogen-bond acceptors (Lipinski definition) is 3. The quantitative estimate of drug-likeness (QED) is 0.525. The summed E-state index contributed by atoms with van der Waals surface area (Å²) in [4.78, 5) is 20.6. The summed E-state index contributed by atoms with van der Waals surface area (Å²) in [5.74, 6) is 0.0226. The Morgan fingerprint density at radius 1 is 1.18 bits per heavy atom. The van der Waals surface area contributed by atoms with Gasteiger partial charge in [0.05, 0.1) is 21.6 Å². The maximum Gasteiger partial charge on any atom is 0.260 e. The van der Waals surface area contributed by atoms with Crippen LogP contribution in [0.3, 0.4) is 0 Å². The summed E-state index contributed by atoms with van der Waals surface area (Å²) in [6.45, 7) is 0. The number of nitrogens with zero attached hydrogens (tertiary/aromatic N) is 2. The highest BCUT2D eigenvalue weighted by Crippen LogP contribution is 2.41. The average molecular weight is 395 g/mol. The molecule has 28 heavy (non-hydrogen) atoms. The van der Waals surface area contributed by atoms with Crippen molar-refractivity contribution < 1.29 is 4.39 Å². The lowest BCUT2D eigenvalue weighted by molar-refractivity contribution is 0.628. The van der Waals surface area contributed by atoms with Crippen LogP contribution >= 0.6 is 11.6 Å². The van der Waals surface area contributed by atoms with Crippen molar-refractivity contribution in [3.8, 4) is 22.4 Å². The van der Waals surface area contributed by atoms with E-state index in [1.165, 1.54) is 12.1 Å². The van der Waals surface area contributed by atoms with E-state index in [0.717, 1.165) is 24.0 Å². The van der Waals surface area contributed by atoms with Crippen molar-refractivity contribution in [2.75, 3.05) is 5.73 Å². The number of fused-ring (bicyclic) bond motifs is 1. The van der Waals surface area contributed by atoms with Crippen molar-refractivity contribution in [2.24, 2.45) is 0 Å². The molecule has 3 N–H and O–H groups in total. The predicted octanol–water partition coefficient (Wildman–Crippen LogP) is 4.77. The van der Waals surface area contributed by atoms with Gasteiger partial charge >= 0.3 is 0 Å². The lowest BCUT2D eigenvalue weighted by Gasteiger charge is -2.08. The second kappa shape index (κ2) is 6.21. The number of rotatable bonds is 3. The first-order valence-corrected chi connectivity index (χ1v) is 9.35. The Hall–Kier alpha value is -3.12. The van der Waals surface area contributed by atoms with E-state index < -0.39 is 0 Å². The van der Waals surface area contributed by atoms with Crippen LogP contribution in [0.15, 0.2) is 53.6 Å². The first kappa shape index (κ1) is 17.0. The standard InChI is InChI=1S/C21H16ClFN4O/c22-15-10-27(14-5-6-14)21(28)18-17(11-1-3-13(23)4-2-11)19(26-20(15)18)12-7-8-25-16(24)9-12/h1-4,7-10,14,26H,5-6H2,(H2,24,25). The number of aromatic nitrogens is 3. The zero-order chi connectivity index (χ0) is 19.4. The molecule has 0 saturated heterocycles. The number of nitrogen functional groups attached to an aromatic ring is 1. The molecular weight excluding hydrogens is 379 g/mol. The van der Waals surface area contributed by atoms with E-state index in [2.05, 4.69) is 9.97 Å². The zero-order valence-corrected chi connectivity index (χ0v) is 15.5. The van der Waals surface area contributed by atoms with Gasteiger partial charge in [-0.05, 0) is 42.7 Å². The number of benzene rings is 1. The summed E-state index contributed by atoms with van der Waals surface area (Å²) in [7, 11) is 0. The van der Waals surface area contributed by atoms with Gasteiger partial charge in [0.1, 0.15) is 11.6 Å². The molecule has 1 aliphatic carbocycles. The smallest absolute Gasteiger partial charge is 0.260 e. The van der Waals surface area contributed by atoms with Gasteiger partial charge in [0.25, 0.3) is 5.56 Å². The minimum atomic E-state index is -0.341. The number of aromatic amines is 1. The van der Waals surface area contributed by atoms with Crippen molar-refractivity contribution in [1.82, 2.24) is 14.5 Å². The van der Waals surface area contributed by atoms with E-state index in [-0.39, 0.29) is 17.4 Å². The largest absolute Gasteiger partial charge is 0.384 e. The van der Waals surface area contributed by atoms with Crippen LogP contribution in [0, 0.1) is 5.82 Å². The van der Waals surface area contributed by atoms with E-state index in [4.69, 9.17) is 17.3 Å². The molecule has 1 fully saturated rings. The van der Waals surface area contributed by atoms with Gasteiger partial charge in [-0.25, -0.2) is 9.37 Å². The molecule has 140 valence electrons. The maximum absolute atomic E-state index is 13.5. The van der Waals surface area contributed by atoms with Crippen LogP contribution in [0.5, 0.6) is 0 Å². The normalized spacial score (nSPS) is 13.9. The van der Waals surface area contributed by atoms with Gasteiger partial charge in [-0.3, -0.25) is 4.79 Å². The Morgan fingerprint density at radius 3 is 2.61 bits per heavy atom. The van der Waals surface area contributed by atoms with Crippen molar-refractivity contribution in [3.63, 3.8) is 0 Å². The molecule has 1 saturated carbocycles. The highest BCUT2D eigenvalue weighted by Gasteiger charge is 2.28. The summed E-state index contributed by atoms with van der Waals surface area (Å²) < 4.78 is 15.2. The first-order chi connectivity index (χ1) is 13.5. The molecule has 7 heteroatoms. The summed E-state index contributed by atoms with van der Waals surface area (Å²) >= 11 is 6.53. The molecule has 0 aliphatic heterocycles.